The van der Waals surface area contributed by atoms with Crippen molar-refractivity contribution in [2.45, 2.75) is 80.1 Å². The van der Waals surface area contributed by atoms with Gasteiger partial charge in [0.05, 0.1) is 0 Å². The van der Waals surface area contributed by atoms with Crippen LogP contribution in [0.25, 0.3) is 0 Å². The van der Waals surface area contributed by atoms with Crippen LogP contribution in [0.15, 0.2) is 145 Å². The fourth-order valence-corrected chi connectivity index (χ4v) is 4.04. The lowest BCUT2D eigenvalue weighted by Gasteiger charge is -2.02. The lowest BCUT2D eigenvalue weighted by molar-refractivity contribution is 0.468. The van der Waals surface area contributed by atoms with Gasteiger partial charge in [0.25, 0.3) is 0 Å². The largest absolute Gasteiger partial charge is 0.508 e. The van der Waals surface area contributed by atoms with Crippen molar-refractivity contribution in [3.63, 3.8) is 0 Å². The Bertz CT molecular complexity index is 1570. The van der Waals surface area contributed by atoms with Crippen molar-refractivity contribution in [1.82, 2.24) is 0 Å². The van der Waals surface area contributed by atoms with Gasteiger partial charge < -0.3 is 20.4 Å². The van der Waals surface area contributed by atoms with Gasteiger partial charge in [0.1, 0.15) is 23.0 Å². The Morgan fingerprint density at radius 3 is 1.31 bits per heavy atom. The molecule has 0 fully saturated rings. The van der Waals surface area contributed by atoms with Crippen LogP contribution in [0, 0.1) is 0 Å². The van der Waals surface area contributed by atoms with E-state index >= 15 is 0 Å². The van der Waals surface area contributed by atoms with Gasteiger partial charge in [0, 0.05) is 0 Å². The van der Waals surface area contributed by atoms with Gasteiger partial charge >= 0.3 is 0 Å². The van der Waals surface area contributed by atoms with E-state index in [1.807, 2.05) is 74.5 Å². The molecule has 0 saturated heterocycles. The molecule has 4 N–H and O–H groups in total. The monoisotopic (exact) mass is 648 g/mol. The number of aryl methyl sites for hydroxylation is 2. The third kappa shape index (κ3) is 20.2. The van der Waals surface area contributed by atoms with E-state index in [1.54, 1.807) is 36.4 Å². The zero-order chi connectivity index (χ0) is 35.9. The van der Waals surface area contributed by atoms with Crippen LogP contribution < -0.4 is 0 Å². The molecule has 4 heteroatoms. The van der Waals surface area contributed by atoms with Crippen LogP contribution in [0.5, 0.6) is 23.0 Å². The van der Waals surface area contributed by atoms with Gasteiger partial charge in [-0.2, -0.15) is 0 Å². The Morgan fingerprint density at radius 2 is 0.875 bits per heavy atom. The molecule has 0 aliphatic heterocycles. The highest BCUT2D eigenvalue weighted by atomic mass is 16.3. The maximum absolute atomic E-state index is 9.39. The summed E-state index contributed by atoms with van der Waals surface area (Å²) in [6.45, 7) is 20.0. The molecule has 0 unspecified atom stereocenters. The summed E-state index contributed by atoms with van der Waals surface area (Å²) in [5.41, 5.74) is 9.41. The Morgan fingerprint density at radius 1 is 0.479 bits per heavy atom. The van der Waals surface area contributed by atoms with Crippen LogP contribution in [-0.2, 0) is 25.7 Å². The fourth-order valence-electron chi connectivity index (χ4n) is 4.04. The molecule has 0 heterocycles. The first-order valence-electron chi connectivity index (χ1n) is 16.4. The molecular formula is C44H56O4. The number of para-hydroxylation sites is 2. The standard InChI is InChI=1S/4C11H14O/c2*1-9(2)3-4-10-5-7-11(12)8-6-10;2*1-9(2)7-8-10-5-3-4-6-11(10)12/h3,5-8,12H,4H2,1-2H3;5-8,12H,1,3-4H2,2H3;3-7,12H,8H2,1-2H3;3-6,12H,1,7-8H2,2H3. The minimum absolute atomic E-state index is 0.328. The maximum atomic E-state index is 9.39. The molecule has 4 nitrogen and oxygen atoms in total. The van der Waals surface area contributed by atoms with E-state index in [-0.39, 0.29) is 0 Å². The Hall–Kier alpha value is -4.96. The molecule has 4 rings (SSSR count). The number of aromatic hydroxyl groups is 4. The number of phenolic OH excluding ortho intramolecular Hbond substituents is 4. The molecule has 0 aliphatic rings. The van der Waals surface area contributed by atoms with E-state index in [4.69, 9.17) is 10.2 Å². The summed E-state index contributed by atoms with van der Waals surface area (Å²) in [6.07, 6.45) is 9.89. The van der Waals surface area contributed by atoms with Crippen molar-refractivity contribution in [2.24, 2.45) is 0 Å². The van der Waals surface area contributed by atoms with E-state index in [0.29, 0.717) is 23.0 Å². The van der Waals surface area contributed by atoms with E-state index < -0.39 is 0 Å². The molecule has 0 aliphatic carbocycles. The van der Waals surface area contributed by atoms with Gasteiger partial charge in [-0.15, -0.1) is 13.2 Å². The predicted molar refractivity (Wildman–Crippen MR) is 205 cm³/mol. The molecule has 4 aromatic rings. The van der Waals surface area contributed by atoms with Crippen LogP contribution in [0.1, 0.15) is 76.6 Å². The van der Waals surface area contributed by atoms with Crippen molar-refractivity contribution in [3.05, 3.63) is 167 Å². The van der Waals surface area contributed by atoms with E-state index in [1.165, 1.54) is 27.8 Å². The number of phenols is 4. The number of allylic oxidation sites excluding steroid dienone is 6. The summed E-state index contributed by atoms with van der Waals surface area (Å²) < 4.78 is 0. The van der Waals surface area contributed by atoms with E-state index in [0.717, 1.165) is 55.2 Å². The molecule has 0 aromatic heterocycles. The van der Waals surface area contributed by atoms with E-state index in [2.05, 4.69) is 53.0 Å². The molecule has 0 amide bonds. The van der Waals surface area contributed by atoms with Crippen LogP contribution in [0.2, 0.25) is 0 Å². The average molecular weight is 649 g/mol. The SMILES string of the molecule is C=C(C)CCc1ccc(O)cc1.C=C(C)CCc1ccccc1O.CC(C)=CCc1ccc(O)cc1.CC(C)=CCc1ccccc1O. The Kier molecular flexibility index (Phi) is 20.0. The summed E-state index contributed by atoms with van der Waals surface area (Å²) in [5, 5.41) is 36.8. The summed E-state index contributed by atoms with van der Waals surface area (Å²) in [6, 6.07) is 29.5. The molecular weight excluding hydrogens is 592 g/mol. The highest BCUT2D eigenvalue weighted by Gasteiger charge is 1.98. The minimum Gasteiger partial charge on any atom is -0.508 e. The Labute approximate surface area is 289 Å². The normalized spacial score (nSPS) is 9.62. The summed E-state index contributed by atoms with van der Waals surface area (Å²) in [4.78, 5) is 0. The average Bonchev–Trinajstić information content (AvgIpc) is 3.04. The number of rotatable bonds is 10. The summed E-state index contributed by atoms with van der Waals surface area (Å²) >= 11 is 0. The maximum Gasteiger partial charge on any atom is 0.119 e. The first-order valence-corrected chi connectivity index (χ1v) is 16.4. The molecule has 4 aromatic carbocycles. The van der Waals surface area contributed by atoms with Crippen LogP contribution in [0.3, 0.4) is 0 Å². The summed E-state index contributed by atoms with van der Waals surface area (Å²) in [7, 11) is 0. The second kappa shape index (κ2) is 23.4. The first-order chi connectivity index (χ1) is 22.8. The third-order valence-corrected chi connectivity index (χ3v) is 6.99. The predicted octanol–water partition coefficient (Wildman–Crippen LogP) is 11.6. The van der Waals surface area contributed by atoms with E-state index in [9.17, 15) is 10.2 Å². The number of hydrogen-bond acceptors (Lipinski definition) is 4. The van der Waals surface area contributed by atoms with Crippen LogP contribution in [-0.4, -0.2) is 20.4 Å². The first kappa shape index (κ1) is 41.1. The van der Waals surface area contributed by atoms with Crippen molar-refractivity contribution >= 4 is 0 Å². The third-order valence-electron chi connectivity index (χ3n) is 6.99. The lowest BCUT2D eigenvalue weighted by Crippen LogP contribution is -1.85. The number of benzene rings is 4. The van der Waals surface area contributed by atoms with Gasteiger partial charge in [0.2, 0.25) is 0 Å². The van der Waals surface area contributed by atoms with Crippen molar-refractivity contribution in [1.29, 1.82) is 0 Å². The second-order valence-electron chi connectivity index (χ2n) is 12.5. The van der Waals surface area contributed by atoms with Gasteiger partial charge in [-0.1, -0.05) is 95.1 Å². The topological polar surface area (TPSA) is 80.9 Å². The van der Waals surface area contributed by atoms with Gasteiger partial charge in [-0.25, -0.2) is 0 Å². The molecule has 256 valence electrons. The van der Waals surface area contributed by atoms with Crippen molar-refractivity contribution in [2.75, 3.05) is 0 Å². The number of hydrogen-bond donors (Lipinski definition) is 4. The van der Waals surface area contributed by atoms with Crippen molar-refractivity contribution < 1.29 is 20.4 Å². The summed E-state index contributed by atoms with van der Waals surface area (Å²) in [5.74, 6) is 1.43. The smallest absolute Gasteiger partial charge is 0.119 e. The molecule has 0 spiro atoms. The van der Waals surface area contributed by atoms with Gasteiger partial charge in [-0.3, -0.25) is 0 Å². The quantitative estimate of drug-likeness (QED) is 0.129. The van der Waals surface area contributed by atoms with Crippen LogP contribution in [0.4, 0.5) is 0 Å². The molecule has 0 saturated carbocycles. The zero-order valence-electron chi connectivity index (χ0n) is 29.8. The highest BCUT2D eigenvalue weighted by molar-refractivity contribution is 5.34. The van der Waals surface area contributed by atoms with Gasteiger partial charge in [0.15, 0.2) is 0 Å². The van der Waals surface area contributed by atoms with Gasteiger partial charge in [-0.05, 0) is 139 Å². The molecule has 0 bridgehead atoms. The lowest BCUT2D eigenvalue weighted by atomic mass is 10.1. The molecule has 0 atom stereocenters. The van der Waals surface area contributed by atoms with Crippen LogP contribution >= 0.6 is 0 Å². The fraction of sp³-hybridized carbons (Fsp3) is 0.273. The molecule has 48 heavy (non-hydrogen) atoms. The Balaban J connectivity index is 0.000000320. The highest BCUT2D eigenvalue weighted by Crippen LogP contribution is 2.19. The molecule has 0 radical (unpaired) electrons. The zero-order valence-corrected chi connectivity index (χ0v) is 29.8. The second-order valence-corrected chi connectivity index (χ2v) is 12.5. The minimum atomic E-state index is 0.328. The van der Waals surface area contributed by atoms with Crippen molar-refractivity contribution in [3.8, 4) is 23.0 Å².